The highest BCUT2D eigenvalue weighted by molar-refractivity contribution is 5.75. The molecule has 0 spiro atoms. The number of fused-ring (bicyclic) bond motifs is 3. The predicted octanol–water partition coefficient (Wildman–Crippen LogP) is 1.80. The molecule has 2 aliphatic heterocycles. The van der Waals surface area contributed by atoms with E-state index in [1.54, 1.807) is 13.2 Å². The molecule has 24 heavy (non-hydrogen) atoms. The third kappa shape index (κ3) is 3.33. The van der Waals surface area contributed by atoms with Gasteiger partial charge in [-0.3, -0.25) is 9.69 Å². The van der Waals surface area contributed by atoms with Crippen LogP contribution in [0.15, 0.2) is 40.5 Å². The molecular formula is C16H21N5O3. The number of anilines is 2. The largest absolute Gasteiger partial charge is 0.459 e. The number of rotatable bonds is 6. The Morgan fingerprint density at radius 2 is 2.29 bits per heavy atom. The molecule has 1 amide bonds. The van der Waals surface area contributed by atoms with Crippen LogP contribution in [0.4, 0.5) is 11.4 Å². The molecule has 8 heteroatoms. The Hall–Kier alpha value is -2.61. The number of ether oxygens (including phenoxy) is 1. The highest BCUT2D eigenvalue weighted by Gasteiger charge is 2.30. The number of nitrogens with zero attached hydrogens (tertiary/aromatic N) is 3. The van der Waals surface area contributed by atoms with Gasteiger partial charge in [-0.05, 0) is 19.1 Å². The summed E-state index contributed by atoms with van der Waals surface area (Å²) in [7, 11) is 0. The average molecular weight is 331 g/mol. The van der Waals surface area contributed by atoms with Crippen molar-refractivity contribution >= 4 is 17.3 Å². The first-order valence-corrected chi connectivity index (χ1v) is 7.98. The zero-order chi connectivity index (χ0) is 17.1. The van der Waals surface area contributed by atoms with Crippen molar-refractivity contribution in [3.63, 3.8) is 0 Å². The van der Waals surface area contributed by atoms with E-state index in [4.69, 9.17) is 4.74 Å². The number of azo groups is 1. The maximum atomic E-state index is 11.2. The van der Waals surface area contributed by atoms with Gasteiger partial charge in [-0.25, -0.2) is 0 Å². The van der Waals surface area contributed by atoms with Crippen molar-refractivity contribution in [2.24, 2.45) is 10.2 Å². The van der Waals surface area contributed by atoms with Crippen LogP contribution in [0.5, 0.6) is 5.75 Å². The molecule has 2 aliphatic rings. The van der Waals surface area contributed by atoms with Crippen LogP contribution in [0.2, 0.25) is 0 Å². The van der Waals surface area contributed by atoms with Crippen molar-refractivity contribution in [2.75, 3.05) is 23.3 Å². The lowest BCUT2D eigenvalue weighted by Crippen LogP contribution is -2.35. The van der Waals surface area contributed by atoms with Crippen molar-refractivity contribution in [2.45, 2.75) is 32.5 Å². The average Bonchev–Trinajstić information content (AvgIpc) is 2.99. The summed E-state index contributed by atoms with van der Waals surface area (Å²) in [6, 6.07) is 5.71. The Morgan fingerprint density at radius 1 is 1.46 bits per heavy atom. The van der Waals surface area contributed by atoms with Gasteiger partial charge in [0.2, 0.25) is 5.91 Å². The van der Waals surface area contributed by atoms with E-state index in [-0.39, 0.29) is 18.6 Å². The first kappa shape index (κ1) is 16.3. The summed E-state index contributed by atoms with van der Waals surface area (Å²) in [5.74, 6) is 1.32. The lowest BCUT2D eigenvalue weighted by Gasteiger charge is -2.27. The van der Waals surface area contributed by atoms with Crippen LogP contribution in [-0.4, -0.2) is 36.4 Å². The minimum Gasteiger partial charge on any atom is -0.459 e. The SMILES string of the molecule is CCC(=O)NC[C@H](O)CNc1ccc2c(c1)OC=C1N=NC(C)N12. The number of hydrogen-bond acceptors (Lipinski definition) is 7. The molecule has 1 aromatic carbocycles. The highest BCUT2D eigenvalue weighted by Crippen LogP contribution is 2.40. The van der Waals surface area contributed by atoms with Crippen LogP contribution in [0.3, 0.4) is 0 Å². The summed E-state index contributed by atoms with van der Waals surface area (Å²) < 4.78 is 5.61. The van der Waals surface area contributed by atoms with E-state index in [1.807, 2.05) is 30.0 Å². The van der Waals surface area contributed by atoms with E-state index in [0.29, 0.717) is 24.5 Å². The molecular weight excluding hydrogens is 310 g/mol. The molecule has 0 saturated carbocycles. The zero-order valence-corrected chi connectivity index (χ0v) is 13.7. The Morgan fingerprint density at radius 3 is 3.08 bits per heavy atom. The van der Waals surface area contributed by atoms with E-state index < -0.39 is 6.10 Å². The summed E-state index contributed by atoms with van der Waals surface area (Å²) in [6.07, 6.45) is 1.27. The summed E-state index contributed by atoms with van der Waals surface area (Å²) in [5, 5.41) is 23.9. The molecule has 8 nitrogen and oxygen atoms in total. The Bertz CT molecular complexity index is 688. The summed E-state index contributed by atoms with van der Waals surface area (Å²) in [5.41, 5.74) is 1.73. The molecule has 3 N–H and O–H groups in total. The second-order valence-electron chi connectivity index (χ2n) is 5.69. The molecule has 128 valence electrons. The highest BCUT2D eigenvalue weighted by atomic mass is 16.5. The fraction of sp³-hybridized carbons (Fsp3) is 0.438. The Kier molecular flexibility index (Phi) is 4.66. The Labute approximate surface area is 140 Å². The predicted molar refractivity (Wildman–Crippen MR) is 89.7 cm³/mol. The molecule has 1 unspecified atom stereocenters. The quantitative estimate of drug-likeness (QED) is 0.738. The van der Waals surface area contributed by atoms with Crippen molar-refractivity contribution in [1.82, 2.24) is 5.32 Å². The standard InChI is InChI=1S/C16H21N5O3/c1-3-16(23)18-8-12(22)7-17-11-4-5-13-14(6-11)24-9-15-20-19-10(2)21(13)15/h4-6,9-10,12,17,22H,3,7-8H2,1-2H3,(H,18,23)/t10?,12-/m1/s1. The van der Waals surface area contributed by atoms with Gasteiger partial charge in [-0.2, -0.15) is 5.11 Å². The number of aliphatic hydroxyl groups is 1. The topological polar surface area (TPSA) is 98.5 Å². The molecule has 0 saturated heterocycles. The van der Waals surface area contributed by atoms with Crippen molar-refractivity contribution in [1.29, 1.82) is 0 Å². The number of hydrogen-bond donors (Lipinski definition) is 3. The first-order valence-electron chi connectivity index (χ1n) is 7.98. The number of amides is 1. The number of benzene rings is 1. The van der Waals surface area contributed by atoms with Gasteiger partial charge in [0.05, 0.1) is 11.8 Å². The number of carbonyl (C=O) groups is 1. The van der Waals surface area contributed by atoms with Crippen LogP contribution in [-0.2, 0) is 4.79 Å². The third-order valence-corrected chi connectivity index (χ3v) is 3.86. The third-order valence-electron chi connectivity index (χ3n) is 3.86. The zero-order valence-electron chi connectivity index (χ0n) is 13.7. The van der Waals surface area contributed by atoms with Crippen LogP contribution < -0.4 is 20.3 Å². The summed E-state index contributed by atoms with van der Waals surface area (Å²) >= 11 is 0. The fourth-order valence-corrected chi connectivity index (χ4v) is 2.54. The fourth-order valence-electron chi connectivity index (χ4n) is 2.54. The van der Waals surface area contributed by atoms with Gasteiger partial charge >= 0.3 is 0 Å². The van der Waals surface area contributed by atoms with E-state index >= 15 is 0 Å². The maximum absolute atomic E-state index is 11.2. The first-order chi connectivity index (χ1) is 11.6. The molecule has 0 radical (unpaired) electrons. The Balaban J connectivity index is 1.59. The maximum Gasteiger partial charge on any atom is 0.219 e. The van der Waals surface area contributed by atoms with Gasteiger partial charge in [0.25, 0.3) is 0 Å². The van der Waals surface area contributed by atoms with Gasteiger partial charge in [0.1, 0.15) is 12.4 Å². The number of carbonyl (C=O) groups excluding carboxylic acids is 1. The van der Waals surface area contributed by atoms with Crippen LogP contribution in [0.25, 0.3) is 0 Å². The molecule has 0 fully saturated rings. The lowest BCUT2D eigenvalue weighted by molar-refractivity contribution is -0.121. The normalized spacial score (nSPS) is 19.0. The molecule has 1 aromatic rings. The van der Waals surface area contributed by atoms with Gasteiger partial charge in [-0.15, -0.1) is 5.11 Å². The van der Waals surface area contributed by atoms with E-state index in [1.165, 1.54) is 0 Å². The van der Waals surface area contributed by atoms with Crippen LogP contribution >= 0.6 is 0 Å². The van der Waals surface area contributed by atoms with Crippen molar-refractivity contribution in [3.05, 3.63) is 30.3 Å². The van der Waals surface area contributed by atoms with E-state index in [9.17, 15) is 9.90 Å². The van der Waals surface area contributed by atoms with Crippen molar-refractivity contribution < 1.29 is 14.6 Å². The van der Waals surface area contributed by atoms with E-state index in [2.05, 4.69) is 20.9 Å². The monoisotopic (exact) mass is 331 g/mol. The molecule has 0 bridgehead atoms. The van der Waals surface area contributed by atoms with Crippen LogP contribution in [0.1, 0.15) is 20.3 Å². The minimum absolute atomic E-state index is 0.0540. The van der Waals surface area contributed by atoms with Gasteiger partial charge in [-0.1, -0.05) is 6.92 Å². The number of aliphatic hydroxyl groups excluding tert-OH is 1. The number of nitrogens with one attached hydrogen (secondary N) is 2. The molecule has 2 heterocycles. The minimum atomic E-state index is -0.667. The van der Waals surface area contributed by atoms with Gasteiger partial charge < -0.3 is 20.5 Å². The molecule has 2 atom stereocenters. The smallest absolute Gasteiger partial charge is 0.219 e. The molecule has 3 rings (SSSR count). The second-order valence-corrected chi connectivity index (χ2v) is 5.69. The molecule has 0 aliphatic carbocycles. The van der Waals surface area contributed by atoms with Crippen molar-refractivity contribution in [3.8, 4) is 5.75 Å². The molecule has 0 aromatic heterocycles. The summed E-state index contributed by atoms with van der Waals surface area (Å²) in [6.45, 7) is 4.29. The second kappa shape index (κ2) is 6.88. The van der Waals surface area contributed by atoms with Gasteiger partial charge in [0.15, 0.2) is 11.6 Å². The van der Waals surface area contributed by atoms with E-state index in [0.717, 1.165) is 11.4 Å². The lowest BCUT2D eigenvalue weighted by atomic mass is 10.2. The van der Waals surface area contributed by atoms with Crippen LogP contribution in [0, 0.1) is 0 Å². The van der Waals surface area contributed by atoms with Gasteiger partial charge in [0, 0.05) is 31.3 Å². The summed E-state index contributed by atoms with van der Waals surface area (Å²) in [4.78, 5) is 13.2.